The average molecular weight is 318 g/mol. The molecule has 19 heavy (non-hydrogen) atoms. The molecular weight excluding hydrogens is 306 g/mol. The highest BCUT2D eigenvalue weighted by Gasteiger charge is 2.02. The lowest BCUT2D eigenvalue weighted by atomic mass is 10.2. The topological polar surface area (TPSA) is 55.6 Å². The average Bonchev–Trinajstić information content (AvgIpc) is 2.92. The maximum atomic E-state index is 4.35. The summed E-state index contributed by atoms with van der Waals surface area (Å²) in [4.78, 5) is 4.35. The van der Waals surface area contributed by atoms with Crippen LogP contribution in [0.1, 0.15) is 0 Å². The number of pyridine rings is 1. The van der Waals surface area contributed by atoms with Crippen LogP contribution in [-0.4, -0.2) is 26.5 Å². The highest BCUT2D eigenvalue weighted by atomic mass is 79.9. The van der Waals surface area contributed by atoms with E-state index in [0.29, 0.717) is 0 Å². The molecule has 2 heterocycles. The predicted octanol–water partition coefficient (Wildman–Crippen LogP) is 2.70. The summed E-state index contributed by atoms with van der Waals surface area (Å²) >= 11 is 3.49. The number of anilines is 1. The van der Waals surface area contributed by atoms with Crippen LogP contribution in [0.5, 0.6) is 0 Å². The molecule has 3 aromatic rings. The largest absolute Gasteiger partial charge is 0.383 e. The summed E-state index contributed by atoms with van der Waals surface area (Å²) in [6.45, 7) is 1.56. The van der Waals surface area contributed by atoms with Gasteiger partial charge < -0.3 is 5.32 Å². The number of hydrogen-bond donors (Lipinski definition) is 1. The van der Waals surface area contributed by atoms with Crippen molar-refractivity contribution in [2.75, 3.05) is 11.9 Å². The maximum Gasteiger partial charge on any atom is 0.0723 e. The van der Waals surface area contributed by atoms with Gasteiger partial charge in [-0.15, -0.1) is 5.10 Å². The number of nitrogens with one attached hydrogen (secondary N) is 1. The summed E-state index contributed by atoms with van der Waals surface area (Å²) in [5.41, 5.74) is 2.06. The maximum absolute atomic E-state index is 4.35. The van der Waals surface area contributed by atoms with Crippen molar-refractivity contribution < 1.29 is 0 Å². The van der Waals surface area contributed by atoms with E-state index in [1.54, 1.807) is 10.9 Å². The molecular formula is C13H12BrN5. The van der Waals surface area contributed by atoms with Crippen molar-refractivity contribution in [3.05, 3.63) is 47.3 Å². The number of halogens is 1. The second-order valence-electron chi connectivity index (χ2n) is 4.11. The SMILES string of the molecule is Brc1ccc2nccc(NCCn3ccnn3)c2c1. The van der Waals surface area contributed by atoms with Crippen molar-refractivity contribution in [2.24, 2.45) is 0 Å². The minimum atomic E-state index is 0.776. The Kier molecular flexibility index (Phi) is 3.41. The molecule has 0 bridgehead atoms. The molecule has 0 aliphatic rings. The Morgan fingerprint density at radius 3 is 3.00 bits per heavy atom. The van der Waals surface area contributed by atoms with Crippen molar-refractivity contribution >= 4 is 32.5 Å². The Balaban J connectivity index is 1.78. The molecule has 0 radical (unpaired) electrons. The van der Waals surface area contributed by atoms with Crippen LogP contribution in [0.2, 0.25) is 0 Å². The van der Waals surface area contributed by atoms with Crippen LogP contribution in [-0.2, 0) is 6.54 Å². The molecule has 0 amide bonds. The molecule has 0 fully saturated rings. The number of aromatic nitrogens is 4. The van der Waals surface area contributed by atoms with E-state index in [0.717, 1.165) is 34.2 Å². The summed E-state index contributed by atoms with van der Waals surface area (Å²) in [5.74, 6) is 0. The molecule has 1 N–H and O–H groups in total. The van der Waals surface area contributed by atoms with Gasteiger partial charge >= 0.3 is 0 Å². The van der Waals surface area contributed by atoms with E-state index in [1.165, 1.54) is 0 Å². The highest BCUT2D eigenvalue weighted by molar-refractivity contribution is 9.10. The zero-order valence-electron chi connectivity index (χ0n) is 10.1. The summed E-state index contributed by atoms with van der Waals surface area (Å²) < 4.78 is 2.85. The summed E-state index contributed by atoms with van der Waals surface area (Å²) in [6, 6.07) is 8.05. The molecule has 0 aliphatic heterocycles. The van der Waals surface area contributed by atoms with Crippen molar-refractivity contribution in [3.63, 3.8) is 0 Å². The summed E-state index contributed by atoms with van der Waals surface area (Å²) in [6.07, 6.45) is 5.34. The Morgan fingerprint density at radius 1 is 1.21 bits per heavy atom. The second-order valence-corrected chi connectivity index (χ2v) is 5.03. The molecule has 5 nitrogen and oxygen atoms in total. The number of hydrogen-bond acceptors (Lipinski definition) is 4. The van der Waals surface area contributed by atoms with Crippen LogP contribution in [0.3, 0.4) is 0 Å². The molecule has 0 unspecified atom stereocenters. The van der Waals surface area contributed by atoms with Crippen LogP contribution in [0.25, 0.3) is 10.9 Å². The fourth-order valence-corrected chi connectivity index (χ4v) is 2.29. The number of fused-ring (bicyclic) bond motifs is 1. The van der Waals surface area contributed by atoms with Gasteiger partial charge in [0.05, 0.1) is 18.3 Å². The quantitative estimate of drug-likeness (QED) is 0.803. The molecule has 0 saturated carbocycles. The molecule has 2 aromatic heterocycles. The van der Waals surface area contributed by atoms with Gasteiger partial charge in [-0.25, -0.2) is 0 Å². The molecule has 0 spiro atoms. The molecule has 0 aliphatic carbocycles. The minimum Gasteiger partial charge on any atom is -0.383 e. The molecule has 3 rings (SSSR count). The van der Waals surface area contributed by atoms with Gasteiger partial charge in [0.15, 0.2) is 0 Å². The first kappa shape index (κ1) is 12.1. The lowest BCUT2D eigenvalue weighted by Gasteiger charge is -2.09. The Bertz CT molecular complexity index is 681. The first-order valence-corrected chi connectivity index (χ1v) is 6.74. The van der Waals surface area contributed by atoms with Crippen molar-refractivity contribution in [1.82, 2.24) is 20.0 Å². The van der Waals surface area contributed by atoms with Crippen LogP contribution >= 0.6 is 15.9 Å². The van der Waals surface area contributed by atoms with Gasteiger partial charge in [-0.2, -0.15) is 0 Å². The fourth-order valence-electron chi connectivity index (χ4n) is 1.93. The van der Waals surface area contributed by atoms with Gasteiger partial charge in [0.2, 0.25) is 0 Å². The zero-order valence-corrected chi connectivity index (χ0v) is 11.7. The van der Waals surface area contributed by atoms with Crippen molar-refractivity contribution in [3.8, 4) is 0 Å². The zero-order chi connectivity index (χ0) is 13.1. The fraction of sp³-hybridized carbons (Fsp3) is 0.154. The third-order valence-corrected chi connectivity index (χ3v) is 3.33. The van der Waals surface area contributed by atoms with E-state index in [9.17, 15) is 0 Å². The van der Waals surface area contributed by atoms with Gasteiger partial charge in [0, 0.05) is 34.5 Å². The van der Waals surface area contributed by atoms with Gasteiger partial charge in [0.1, 0.15) is 0 Å². The molecule has 1 aromatic carbocycles. The number of benzene rings is 1. The van der Waals surface area contributed by atoms with Gasteiger partial charge in [-0.3, -0.25) is 9.67 Å². The molecule has 6 heteroatoms. The number of rotatable bonds is 4. The second kappa shape index (κ2) is 5.36. The van der Waals surface area contributed by atoms with Crippen LogP contribution in [0.15, 0.2) is 47.3 Å². The van der Waals surface area contributed by atoms with E-state index in [4.69, 9.17) is 0 Å². The minimum absolute atomic E-state index is 0.776. The lowest BCUT2D eigenvalue weighted by Crippen LogP contribution is -2.11. The monoisotopic (exact) mass is 317 g/mol. The van der Waals surface area contributed by atoms with Gasteiger partial charge in [0.25, 0.3) is 0 Å². The third-order valence-electron chi connectivity index (χ3n) is 2.83. The Hall–Kier alpha value is -1.95. The van der Waals surface area contributed by atoms with Crippen molar-refractivity contribution in [2.45, 2.75) is 6.54 Å². The van der Waals surface area contributed by atoms with Crippen LogP contribution in [0, 0.1) is 0 Å². The van der Waals surface area contributed by atoms with E-state index in [1.807, 2.05) is 30.6 Å². The predicted molar refractivity (Wildman–Crippen MR) is 78.0 cm³/mol. The highest BCUT2D eigenvalue weighted by Crippen LogP contribution is 2.24. The Morgan fingerprint density at radius 2 is 2.16 bits per heavy atom. The normalized spacial score (nSPS) is 10.8. The van der Waals surface area contributed by atoms with E-state index in [2.05, 4.69) is 42.6 Å². The van der Waals surface area contributed by atoms with Gasteiger partial charge in [-0.05, 0) is 24.3 Å². The Labute approximate surface area is 118 Å². The van der Waals surface area contributed by atoms with E-state index in [-0.39, 0.29) is 0 Å². The van der Waals surface area contributed by atoms with E-state index < -0.39 is 0 Å². The first-order chi connectivity index (χ1) is 9.33. The summed E-state index contributed by atoms with van der Waals surface area (Å²) in [7, 11) is 0. The standard InChI is InChI=1S/C13H12BrN5/c14-10-1-2-12-11(9-10)13(3-4-15-12)16-5-7-19-8-6-17-18-19/h1-4,6,8-9H,5,7H2,(H,15,16). The molecule has 0 saturated heterocycles. The molecule has 0 atom stereocenters. The summed E-state index contributed by atoms with van der Waals surface area (Å²) in [5, 5.41) is 12.2. The van der Waals surface area contributed by atoms with Crippen molar-refractivity contribution in [1.29, 1.82) is 0 Å². The van der Waals surface area contributed by atoms with E-state index >= 15 is 0 Å². The van der Waals surface area contributed by atoms with Gasteiger partial charge in [-0.1, -0.05) is 21.1 Å². The third kappa shape index (κ3) is 2.73. The number of nitrogens with zero attached hydrogens (tertiary/aromatic N) is 4. The lowest BCUT2D eigenvalue weighted by molar-refractivity contribution is 0.609. The molecule has 96 valence electrons. The first-order valence-electron chi connectivity index (χ1n) is 5.95. The van der Waals surface area contributed by atoms with Crippen LogP contribution in [0.4, 0.5) is 5.69 Å². The van der Waals surface area contributed by atoms with Crippen LogP contribution < -0.4 is 5.32 Å². The smallest absolute Gasteiger partial charge is 0.0723 e.